The minimum atomic E-state index is -0.799. The molecule has 0 aliphatic heterocycles. The van der Waals surface area contributed by atoms with E-state index in [1.807, 2.05) is 155 Å². The Morgan fingerprint density at radius 1 is 0.352 bits per heavy atom. The fourth-order valence-corrected chi connectivity index (χ4v) is 6.54. The van der Waals surface area contributed by atoms with E-state index in [-0.39, 0.29) is 0 Å². The van der Waals surface area contributed by atoms with Crippen LogP contribution in [0.15, 0.2) is 204 Å². The molecule has 2 N–H and O–H groups in total. The van der Waals surface area contributed by atoms with Crippen LogP contribution in [0.25, 0.3) is 0 Å². The van der Waals surface area contributed by atoms with Crippen molar-refractivity contribution in [1.29, 1.82) is 0 Å². The largest absolute Gasteiger partial charge is 0.432 e. The quantitative estimate of drug-likeness (QED) is 0.0982. The van der Waals surface area contributed by atoms with Crippen LogP contribution in [-0.4, -0.2) is 35.6 Å². The maximum atomic E-state index is 10.9. The van der Waals surface area contributed by atoms with Gasteiger partial charge >= 0.3 is 14.1 Å². The van der Waals surface area contributed by atoms with Gasteiger partial charge in [-0.05, 0) is 86.4 Å². The van der Waals surface area contributed by atoms with E-state index in [0.29, 0.717) is 0 Å². The Bertz CT molecular complexity index is 2050. The molecule has 0 aliphatic carbocycles. The fourth-order valence-electron chi connectivity index (χ4n) is 6.54. The molecule has 0 spiro atoms. The second kappa shape index (κ2) is 16.9. The number of nitrogens with zero attached hydrogens (tertiary/aromatic N) is 4. The van der Waals surface area contributed by atoms with E-state index < -0.39 is 14.1 Å². The molecule has 7 aromatic rings. The molecule has 0 aromatic heterocycles. The molecule has 262 valence electrons. The average Bonchev–Trinajstić information content (AvgIpc) is 3.22. The first-order valence-corrected chi connectivity index (χ1v) is 18.1. The van der Waals surface area contributed by atoms with Crippen LogP contribution < -0.4 is 9.62 Å². The highest BCUT2D eigenvalue weighted by Gasteiger charge is 2.22. The van der Waals surface area contributed by atoms with Crippen LogP contribution >= 0.6 is 0 Å². The molecule has 54 heavy (non-hydrogen) atoms. The van der Waals surface area contributed by atoms with E-state index >= 15 is 0 Å². The zero-order chi connectivity index (χ0) is 37.3. The summed E-state index contributed by atoms with van der Waals surface area (Å²) in [7, 11) is -1.60. The maximum Gasteiger partial charge on any atom is 0.414 e. The molecular weight excluding hydrogens is 662 g/mol. The van der Waals surface area contributed by atoms with Crippen molar-refractivity contribution in [1.82, 2.24) is 0 Å². The molecule has 0 bridgehead atoms. The number of rotatable bonds is 12. The molecule has 0 amide bonds. The summed E-state index contributed by atoms with van der Waals surface area (Å²) in [6.45, 7) is 3.49. The van der Waals surface area contributed by atoms with E-state index in [9.17, 15) is 10.0 Å². The van der Waals surface area contributed by atoms with Gasteiger partial charge in [0, 0.05) is 45.0 Å². The Morgan fingerprint density at radius 2 is 0.574 bits per heavy atom. The van der Waals surface area contributed by atoms with Gasteiger partial charge in [-0.15, -0.1) is 0 Å². The Morgan fingerprint density at radius 3 is 0.796 bits per heavy atom. The lowest BCUT2D eigenvalue weighted by Gasteiger charge is -2.29. The lowest BCUT2D eigenvalue weighted by molar-refractivity contribution is 0.577. The van der Waals surface area contributed by atoms with Crippen LogP contribution in [0, 0.1) is 0 Å². The second-order valence-electron chi connectivity index (χ2n) is 12.9. The third-order valence-corrected chi connectivity index (χ3v) is 9.08. The van der Waals surface area contributed by atoms with Gasteiger partial charge in [0.15, 0.2) is 0 Å². The Balaban J connectivity index is 1.13. The van der Waals surface area contributed by atoms with E-state index in [4.69, 9.17) is 9.98 Å². The number of anilines is 4. The molecule has 6 nitrogen and oxygen atoms in total. The summed E-state index contributed by atoms with van der Waals surface area (Å²) in [5.74, 6) is 0. The monoisotopic (exact) mass is 702 g/mol. The molecular formula is C46H40B2N4O2. The van der Waals surface area contributed by atoms with Crippen molar-refractivity contribution >= 4 is 59.6 Å². The fraction of sp³-hybridized carbons (Fsp3) is 0.0435. The summed E-state index contributed by atoms with van der Waals surface area (Å²) < 4.78 is 0. The van der Waals surface area contributed by atoms with Crippen molar-refractivity contribution in [3.05, 3.63) is 216 Å². The summed E-state index contributed by atoms with van der Waals surface area (Å²) in [6.07, 6.45) is 0. The summed E-state index contributed by atoms with van der Waals surface area (Å²) in [5, 5.41) is 21.9. The van der Waals surface area contributed by atoms with Crippen molar-refractivity contribution in [2.75, 3.05) is 9.62 Å². The Hall–Kier alpha value is -6.47. The number of aliphatic imine (C=N–C) groups is 2. The zero-order valence-corrected chi connectivity index (χ0v) is 30.3. The van der Waals surface area contributed by atoms with Gasteiger partial charge in [0.25, 0.3) is 0 Å². The van der Waals surface area contributed by atoms with Gasteiger partial charge in [-0.3, -0.25) is 0 Å². The van der Waals surface area contributed by atoms with Crippen molar-refractivity contribution in [2.24, 2.45) is 9.98 Å². The highest BCUT2D eigenvalue weighted by atomic mass is 16.2. The van der Waals surface area contributed by atoms with Gasteiger partial charge in [0.2, 0.25) is 0 Å². The van der Waals surface area contributed by atoms with Crippen LogP contribution in [0.4, 0.5) is 34.1 Å². The molecule has 0 saturated heterocycles. The molecule has 0 aliphatic rings. The van der Waals surface area contributed by atoms with Crippen molar-refractivity contribution in [3.63, 3.8) is 0 Å². The van der Waals surface area contributed by atoms with Crippen LogP contribution in [0.5, 0.6) is 0 Å². The van der Waals surface area contributed by atoms with Crippen LogP contribution in [0.3, 0.4) is 0 Å². The van der Waals surface area contributed by atoms with Crippen molar-refractivity contribution in [2.45, 2.75) is 13.6 Å². The zero-order valence-electron chi connectivity index (χ0n) is 30.3. The standard InChI is InChI=1S/C46H40B2N4O2/c1-47(53)51(41-27-23-39(24-28-41)49-45(35-15-7-3-8-16-35)36-17-9-4-10-18-36)43-31-33-44(34-32-43)52(48(2)54)42-29-25-40(26-30-42)50-46(37-19-11-5-12-20-37)38-21-13-6-14-22-38/h3-34,53-54H,1-2H3. The second-order valence-corrected chi connectivity index (χ2v) is 12.9. The van der Waals surface area contributed by atoms with E-state index in [0.717, 1.165) is 67.8 Å². The van der Waals surface area contributed by atoms with Gasteiger partial charge < -0.3 is 19.7 Å². The highest BCUT2D eigenvalue weighted by Crippen LogP contribution is 2.33. The van der Waals surface area contributed by atoms with Gasteiger partial charge in [-0.25, -0.2) is 9.98 Å². The number of hydrogen-bond donors (Lipinski definition) is 2. The first-order valence-electron chi connectivity index (χ1n) is 18.1. The highest BCUT2D eigenvalue weighted by molar-refractivity contribution is 6.56. The van der Waals surface area contributed by atoms with E-state index in [1.54, 1.807) is 13.6 Å². The summed E-state index contributed by atoms with van der Waals surface area (Å²) in [6, 6.07) is 64.3. The first-order chi connectivity index (χ1) is 26.4. The van der Waals surface area contributed by atoms with Crippen molar-refractivity contribution in [3.8, 4) is 0 Å². The minimum absolute atomic E-state index is 0.799. The SMILES string of the molecule is CB(O)N(c1ccc(N=C(c2ccccc2)c2ccccc2)cc1)c1ccc(N(B(C)O)c2ccc(N=C(c3ccccc3)c3ccccc3)cc2)cc1. The predicted octanol–water partition coefficient (Wildman–Crippen LogP) is 10.5. The maximum absolute atomic E-state index is 10.9. The topological polar surface area (TPSA) is 71.7 Å². The third kappa shape index (κ3) is 8.42. The molecule has 0 unspecified atom stereocenters. The molecule has 7 rings (SSSR count). The predicted molar refractivity (Wildman–Crippen MR) is 228 cm³/mol. The molecule has 7 aromatic carbocycles. The first kappa shape index (κ1) is 35.9. The van der Waals surface area contributed by atoms with Crippen molar-refractivity contribution < 1.29 is 10.0 Å². The molecule has 0 heterocycles. The van der Waals surface area contributed by atoms with Gasteiger partial charge in [-0.1, -0.05) is 121 Å². The smallest absolute Gasteiger partial charge is 0.414 e. The van der Waals surface area contributed by atoms with Gasteiger partial charge in [0.1, 0.15) is 0 Å². The molecule has 8 heteroatoms. The summed E-state index contributed by atoms with van der Waals surface area (Å²) in [5.41, 5.74) is 10.8. The molecule has 0 fully saturated rings. The molecule has 0 saturated carbocycles. The molecule has 0 atom stereocenters. The van der Waals surface area contributed by atoms with Crippen LogP contribution in [-0.2, 0) is 0 Å². The molecule has 0 radical (unpaired) electrons. The Kier molecular flexibility index (Phi) is 11.2. The van der Waals surface area contributed by atoms with Crippen LogP contribution in [0.1, 0.15) is 22.3 Å². The van der Waals surface area contributed by atoms with E-state index in [2.05, 4.69) is 48.5 Å². The van der Waals surface area contributed by atoms with Crippen LogP contribution in [0.2, 0.25) is 13.6 Å². The normalized spacial score (nSPS) is 10.6. The third-order valence-electron chi connectivity index (χ3n) is 9.08. The lowest BCUT2D eigenvalue weighted by Crippen LogP contribution is -2.33. The lowest BCUT2D eigenvalue weighted by atomic mass is 9.82. The minimum Gasteiger partial charge on any atom is -0.432 e. The average molecular weight is 702 g/mol. The summed E-state index contributed by atoms with van der Waals surface area (Å²) >= 11 is 0. The number of benzene rings is 7. The van der Waals surface area contributed by atoms with Gasteiger partial charge in [-0.2, -0.15) is 0 Å². The summed E-state index contributed by atoms with van der Waals surface area (Å²) in [4.78, 5) is 13.8. The van der Waals surface area contributed by atoms with Gasteiger partial charge in [0.05, 0.1) is 22.8 Å². The number of hydrogen-bond acceptors (Lipinski definition) is 6. The Labute approximate surface area is 318 Å². The van der Waals surface area contributed by atoms with E-state index in [1.165, 1.54) is 0 Å².